The second-order valence-electron chi connectivity index (χ2n) is 5.83. The van der Waals surface area contributed by atoms with Crippen molar-refractivity contribution in [2.24, 2.45) is 0 Å². The number of carboxylic acids is 1. The first kappa shape index (κ1) is 20.7. The first-order chi connectivity index (χ1) is 13.9. The Morgan fingerprint density at radius 1 is 1.07 bits per heavy atom. The van der Waals surface area contributed by atoms with E-state index < -0.39 is 5.97 Å². The predicted molar refractivity (Wildman–Crippen MR) is 115 cm³/mol. The Balaban J connectivity index is 1.95. The molecule has 1 heterocycles. The number of rotatable bonds is 6. The van der Waals surface area contributed by atoms with Crippen LogP contribution in [0.4, 0.5) is 5.69 Å². The molecular weight excluding hydrogens is 414 g/mol. The molecule has 7 nitrogen and oxygen atoms in total. The van der Waals surface area contributed by atoms with Gasteiger partial charge in [-0.1, -0.05) is 24.0 Å². The summed E-state index contributed by atoms with van der Waals surface area (Å²) >= 11 is 6.51. The van der Waals surface area contributed by atoms with Crippen LogP contribution in [0.2, 0.25) is 0 Å². The zero-order chi connectivity index (χ0) is 21.1. The first-order valence-electron chi connectivity index (χ1n) is 8.31. The van der Waals surface area contributed by atoms with E-state index in [1.807, 2.05) is 0 Å². The number of anilines is 1. The Labute approximate surface area is 176 Å². The van der Waals surface area contributed by atoms with Crippen LogP contribution in [0, 0.1) is 0 Å². The smallest absolute Gasteiger partial charge is 0.335 e. The molecule has 1 amide bonds. The molecular formula is C20H17NO6S2. The van der Waals surface area contributed by atoms with Gasteiger partial charge in [-0.05, 0) is 48.0 Å². The fraction of sp³-hybridized carbons (Fsp3) is 0.150. The summed E-state index contributed by atoms with van der Waals surface area (Å²) in [6.07, 6.45) is 1.69. The topological polar surface area (TPSA) is 85.3 Å². The third-order valence-electron chi connectivity index (χ3n) is 4.15. The third kappa shape index (κ3) is 4.06. The summed E-state index contributed by atoms with van der Waals surface area (Å²) in [5.41, 5.74) is 1.32. The van der Waals surface area contributed by atoms with Crippen molar-refractivity contribution in [2.45, 2.75) is 0 Å². The van der Waals surface area contributed by atoms with E-state index in [9.17, 15) is 9.59 Å². The molecule has 2 aromatic rings. The lowest BCUT2D eigenvalue weighted by Gasteiger charge is -2.14. The van der Waals surface area contributed by atoms with Crippen molar-refractivity contribution in [2.75, 3.05) is 26.2 Å². The molecule has 0 saturated carbocycles. The van der Waals surface area contributed by atoms with Crippen molar-refractivity contribution in [3.8, 4) is 17.2 Å². The van der Waals surface area contributed by atoms with E-state index in [4.69, 9.17) is 31.5 Å². The van der Waals surface area contributed by atoms with Gasteiger partial charge in [0.15, 0.2) is 15.8 Å². The number of thiocarbonyl (C=S) groups is 1. The number of carbonyl (C=O) groups excluding carboxylic acids is 1. The highest BCUT2D eigenvalue weighted by Crippen LogP contribution is 2.41. The number of amides is 1. The number of aromatic carboxylic acids is 1. The fourth-order valence-electron chi connectivity index (χ4n) is 2.78. The van der Waals surface area contributed by atoms with E-state index in [0.29, 0.717) is 37.7 Å². The number of thioether (sulfide) groups is 1. The highest BCUT2D eigenvalue weighted by Gasteiger charge is 2.33. The lowest BCUT2D eigenvalue weighted by Crippen LogP contribution is -2.27. The predicted octanol–water partition coefficient (Wildman–Crippen LogP) is 3.82. The number of methoxy groups -OCH3 is 3. The van der Waals surface area contributed by atoms with Crippen molar-refractivity contribution in [3.05, 3.63) is 52.4 Å². The van der Waals surface area contributed by atoms with Gasteiger partial charge in [-0.25, -0.2) is 4.79 Å². The molecule has 1 aliphatic rings. The summed E-state index contributed by atoms with van der Waals surface area (Å²) in [6, 6.07) is 9.43. The van der Waals surface area contributed by atoms with Gasteiger partial charge in [0.1, 0.15) is 0 Å². The minimum absolute atomic E-state index is 0.132. The van der Waals surface area contributed by atoms with Gasteiger partial charge in [0, 0.05) is 0 Å². The standard InChI is InChI=1S/C20H17NO6S2/c1-25-14-8-11(9-15(26-2)17(14)27-3)10-16-18(22)21(20(28)29-16)13-6-4-12(5-7-13)19(23)24/h4-10H,1-3H3,(H,23,24). The molecule has 2 aromatic carbocycles. The monoisotopic (exact) mass is 431 g/mol. The molecule has 3 rings (SSSR count). The zero-order valence-corrected chi connectivity index (χ0v) is 17.4. The molecule has 0 aliphatic carbocycles. The van der Waals surface area contributed by atoms with Gasteiger partial charge in [0.2, 0.25) is 5.75 Å². The maximum Gasteiger partial charge on any atom is 0.335 e. The van der Waals surface area contributed by atoms with E-state index in [2.05, 4.69) is 0 Å². The molecule has 0 aromatic heterocycles. The molecule has 9 heteroatoms. The van der Waals surface area contributed by atoms with Crippen LogP contribution in [0.25, 0.3) is 6.08 Å². The molecule has 0 atom stereocenters. The van der Waals surface area contributed by atoms with Gasteiger partial charge in [-0.2, -0.15) is 0 Å². The van der Waals surface area contributed by atoms with Crippen molar-refractivity contribution in [3.63, 3.8) is 0 Å². The summed E-state index contributed by atoms with van der Waals surface area (Å²) in [5, 5.41) is 9.03. The first-order valence-corrected chi connectivity index (χ1v) is 9.53. The van der Waals surface area contributed by atoms with Crippen molar-refractivity contribution >= 4 is 51.9 Å². The fourth-order valence-corrected chi connectivity index (χ4v) is 4.08. The Morgan fingerprint density at radius 2 is 1.66 bits per heavy atom. The van der Waals surface area contributed by atoms with Crippen LogP contribution in [0.15, 0.2) is 41.3 Å². The van der Waals surface area contributed by atoms with Crippen molar-refractivity contribution in [1.82, 2.24) is 0 Å². The molecule has 0 bridgehead atoms. The summed E-state index contributed by atoms with van der Waals surface area (Å²) in [6.45, 7) is 0. The van der Waals surface area contributed by atoms with E-state index in [1.165, 1.54) is 38.4 Å². The number of hydrogen-bond donors (Lipinski definition) is 1. The summed E-state index contributed by atoms with van der Waals surface area (Å²) in [5.74, 6) is 0.0648. The molecule has 0 unspecified atom stereocenters. The average Bonchev–Trinajstić information content (AvgIpc) is 3.00. The number of hydrogen-bond acceptors (Lipinski definition) is 7. The molecule has 1 aliphatic heterocycles. The molecule has 1 saturated heterocycles. The number of benzene rings is 2. The highest BCUT2D eigenvalue weighted by atomic mass is 32.2. The van der Waals surface area contributed by atoms with Crippen LogP contribution >= 0.6 is 24.0 Å². The van der Waals surface area contributed by atoms with E-state index in [-0.39, 0.29) is 11.5 Å². The van der Waals surface area contributed by atoms with E-state index >= 15 is 0 Å². The zero-order valence-electron chi connectivity index (χ0n) is 15.8. The van der Waals surface area contributed by atoms with Crippen molar-refractivity contribution < 1.29 is 28.9 Å². The Morgan fingerprint density at radius 3 is 2.14 bits per heavy atom. The van der Waals surface area contributed by atoms with Crippen LogP contribution in [-0.2, 0) is 4.79 Å². The number of carbonyl (C=O) groups is 2. The van der Waals surface area contributed by atoms with Crippen molar-refractivity contribution in [1.29, 1.82) is 0 Å². The molecule has 29 heavy (non-hydrogen) atoms. The molecule has 150 valence electrons. The van der Waals surface area contributed by atoms with Gasteiger partial charge in [-0.15, -0.1) is 0 Å². The van der Waals surface area contributed by atoms with Crippen LogP contribution in [0.1, 0.15) is 15.9 Å². The molecule has 1 N–H and O–H groups in total. The second-order valence-corrected chi connectivity index (χ2v) is 7.50. The van der Waals surface area contributed by atoms with E-state index in [0.717, 1.165) is 11.8 Å². The highest BCUT2D eigenvalue weighted by molar-refractivity contribution is 8.27. The van der Waals surface area contributed by atoms with Gasteiger partial charge >= 0.3 is 5.97 Å². The summed E-state index contributed by atoms with van der Waals surface area (Å²) in [7, 11) is 4.55. The second kappa shape index (κ2) is 8.54. The average molecular weight is 431 g/mol. The van der Waals surface area contributed by atoms with Gasteiger partial charge in [-0.3, -0.25) is 9.69 Å². The SMILES string of the molecule is COc1cc(C=C2SC(=S)N(c3ccc(C(=O)O)cc3)C2=O)cc(OC)c1OC. The maximum atomic E-state index is 12.9. The molecule has 0 radical (unpaired) electrons. The van der Waals surface area contributed by atoms with Crippen LogP contribution in [-0.4, -0.2) is 42.6 Å². The van der Waals surface area contributed by atoms with Crippen LogP contribution in [0.3, 0.4) is 0 Å². The molecule has 0 spiro atoms. The summed E-state index contributed by atoms with van der Waals surface area (Å²) < 4.78 is 16.4. The normalized spacial score (nSPS) is 15.0. The number of nitrogens with zero attached hydrogens (tertiary/aromatic N) is 1. The lowest BCUT2D eigenvalue weighted by molar-refractivity contribution is -0.113. The summed E-state index contributed by atoms with van der Waals surface area (Å²) in [4.78, 5) is 25.7. The minimum atomic E-state index is -1.04. The molecule has 1 fully saturated rings. The van der Waals surface area contributed by atoms with Crippen LogP contribution < -0.4 is 19.1 Å². The maximum absolute atomic E-state index is 12.9. The Hall–Kier alpha value is -3.04. The number of ether oxygens (including phenoxy) is 3. The third-order valence-corrected chi connectivity index (χ3v) is 5.45. The Bertz CT molecular complexity index is 991. The van der Waals surface area contributed by atoms with Gasteiger partial charge < -0.3 is 19.3 Å². The quantitative estimate of drug-likeness (QED) is 0.546. The van der Waals surface area contributed by atoms with Gasteiger partial charge in [0.25, 0.3) is 5.91 Å². The lowest BCUT2D eigenvalue weighted by atomic mass is 10.1. The Kier molecular flexibility index (Phi) is 6.09. The van der Waals surface area contributed by atoms with Gasteiger partial charge in [0.05, 0.1) is 37.5 Å². The van der Waals surface area contributed by atoms with E-state index in [1.54, 1.807) is 30.3 Å². The van der Waals surface area contributed by atoms with Crippen LogP contribution in [0.5, 0.6) is 17.2 Å². The largest absolute Gasteiger partial charge is 0.493 e. The number of carboxylic acid groups (broad SMARTS) is 1. The minimum Gasteiger partial charge on any atom is -0.493 e.